The topological polar surface area (TPSA) is 49.3 Å². The van der Waals surface area contributed by atoms with Crippen LogP contribution in [-0.2, 0) is 11.3 Å². The van der Waals surface area contributed by atoms with Crippen LogP contribution in [0.4, 0.5) is 0 Å². The van der Waals surface area contributed by atoms with Gasteiger partial charge in [0.15, 0.2) is 0 Å². The summed E-state index contributed by atoms with van der Waals surface area (Å²) >= 11 is 2.25. The van der Waals surface area contributed by atoms with Crippen LogP contribution in [-0.4, -0.2) is 17.1 Å². The SMILES string of the molecule is CCCC(NCc1cccc(I)c1)C(=O)O. The predicted octanol–water partition coefficient (Wildman–Crippen LogP) is 2.63. The second-order valence-electron chi connectivity index (χ2n) is 3.69. The van der Waals surface area contributed by atoms with Gasteiger partial charge in [0.25, 0.3) is 0 Å². The molecule has 2 N–H and O–H groups in total. The van der Waals surface area contributed by atoms with E-state index >= 15 is 0 Å². The zero-order chi connectivity index (χ0) is 12.0. The molecular formula is C12H16INO2. The molecule has 4 heteroatoms. The molecule has 1 unspecified atom stereocenters. The minimum Gasteiger partial charge on any atom is -0.480 e. The average molecular weight is 333 g/mol. The molecule has 0 bridgehead atoms. The van der Waals surface area contributed by atoms with E-state index in [1.165, 1.54) is 3.57 Å². The number of rotatable bonds is 6. The number of hydrogen-bond acceptors (Lipinski definition) is 2. The molecule has 0 aliphatic carbocycles. The minimum absolute atomic E-state index is 0.442. The lowest BCUT2D eigenvalue weighted by atomic mass is 10.1. The van der Waals surface area contributed by atoms with Crippen LogP contribution in [0.25, 0.3) is 0 Å². The van der Waals surface area contributed by atoms with Gasteiger partial charge < -0.3 is 10.4 Å². The summed E-state index contributed by atoms with van der Waals surface area (Å²) in [5, 5.41) is 12.0. The molecule has 0 aliphatic heterocycles. The summed E-state index contributed by atoms with van der Waals surface area (Å²) in [6.07, 6.45) is 1.54. The predicted molar refractivity (Wildman–Crippen MR) is 72.3 cm³/mol. The molecule has 0 spiro atoms. The van der Waals surface area contributed by atoms with Gasteiger partial charge in [-0.15, -0.1) is 0 Å². The monoisotopic (exact) mass is 333 g/mol. The highest BCUT2D eigenvalue weighted by Gasteiger charge is 2.14. The average Bonchev–Trinajstić information content (AvgIpc) is 2.24. The lowest BCUT2D eigenvalue weighted by molar-refractivity contribution is -0.139. The summed E-state index contributed by atoms with van der Waals surface area (Å²) in [5.74, 6) is -0.771. The van der Waals surface area contributed by atoms with Crippen LogP contribution in [0.3, 0.4) is 0 Å². The molecule has 0 saturated carbocycles. The molecular weight excluding hydrogens is 317 g/mol. The van der Waals surface area contributed by atoms with Crippen molar-refractivity contribution >= 4 is 28.6 Å². The molecule has 1 atom stereocenters. The van der Waals surface area contributed by atoms with Crippen molar-refractivity contribution in [2.24, 2.45) is 0 Å². The molecule has 0 radical (unpaired) electrons. The van der Waals surface area contributed by atoms with Gasteiger partial charge in [0.2, 0.25) is 0 Å². The van der Waals surface area contributed by atoms with Crippen LogP contribution < -0.4 is 5.32 Å². The first-order valence-electron chi connectivity index (χ1n) is 5.34. The van der Waals surface area contributed by atoms with Crippen molar-refractivity contribution in [3.05, 3.63) is 33.4 Å². The highest BCUT2D eigenvalue weighted by atomic mass is 127. The van der Waals surface area contributed by atoms with Crippen molar-refractivity contribution in [1.82, 2.24) is 5.32 Å². The van der Waals surface area contributed by atoms with Crippen LogP contribution in [0.15, 0.2) is 24.3 Å². The van der Waals surface area contributed by atoms with Gasteiger partial charge in [-0.3, -0.25) is 4.79 Å². The largest absolute Gasteiger partial charge is 0.480 e. The third-order valence-corrected chi connectivity index (χ3v) is 2.99. The van der Waals surface area contributed by atoms with Crippen molar-refractivity contribution in [3.63, 3.8) is 0 Å². The molecule has 0 fully saturated rings. The number of carboxylic acid groups (broad SMARTS) is 1. The van der Waals surface area contributed by atoms with E-state index in [2.05, 4.69) is 34.0 Å². The smallest absolute Gasteiger partial charge is 0.320 e. The van der Waals surface area contributed by atoms with E-state index < -0.39 is 12.0 Å². The Morgan fingerprint density at radius 2 is 2.31 bits per heavy atom. The fourth-order valence-corrected chi connectivity index (χ4v) is 2.10. The van der Waals surface area contributed by atoms with Crippen molar-refractivity contribution in [1.29, 1.82) is 0 Å². The second-order valence-corrected chi connectivity index (χ2v) is 4.94. The summed E-state index contributed by atoms with van der Waals surface area (Å²) in [6.45, 7) is 2.59. The Morgan fingerprint density at radius 3 is 2.88 bits per heavy atom. The lowest BCUT2D eigenvalue weighted by Gasteiger charge is -2.13. The van der Waals surface area contributed by atoms with Crippen molar-refractivity contribution in [2.45, 2.75) is 32.4 Å². The fraction of sp³-hybridized carbons (Fsp3) is 0.417. The van der Waals surface area contributed by atoms with Gasteiger partial charge in [0, 0.05) is 10.1 Å². The number of nitrogens with one attached hydrogen (secondary N) is 1. The van der Waals surface area contributed by atoms with E-state index in [4.69, 9.17) is 5.11 Å². The molecule has 0 saturated heterocycles. The molecule has 16 heavy (non-hydrogen) atoms. The maximum atomic E-state index is 10.9. The Balaban J connectivity index is 2.51. The maximum absolute atomic E-state index is 10.9. The van der Waals surface area contributed by atoms with Crippen LogP contribution in [0.5, 0.6) is 0 Å². The van der Waals surface area contributed by atoms with Gasteiger partial charge in [-0.25, -0.2) is 0 Å². The normalized spacial score (nSPS) is 12.4. The molecule has 0 aliphatic rings. The number of halogens is 1. The van der Waals surface area contributed by atoms with Crippen LogP contribution >= 0.6 is 22.6 Å². The summed E-state index contributed by atoms with van der Waals surface area (Å²) in [4.78, 5) is 10.9. The Labute approximate surface area is 109 Å². The second kappa shape index (κ2) is 6.85. The number of carbonyl (C=O) groups is 1. The van der Waals surface area contributed by atoms with Gasteiger partial charge in [-0.1, -0.05) is 25.5 Å². The van der Waals surface area contributed by atoms with Crippen molar-refractivity contribution < 1.29 is 9.90 Å². The molecule has 88 valence electrons. The number of hydrogen-bond donors (Lipinski definition) is 2. The van der Waals surface area contributed by atoms with Gasteiger partial charge in [0.05, 0.1) is 0 Å². The fourth-order valence-electron chi connectivity index (χ4n) is 1.49. The van der Waals surface area contributed by atoms with Gasteiger partial charge in [-0.2, -0.15) is 0 Å². The number of carboxylic acids is 1. The summed E-state index contributed by atoms with van der Waals surface area (Å²) < 4.78 is 1.17. The molecule has 1 aromatic carbocycles. The minimum atomic E-state index is -0.771. The van der Waals surface area contributed by atoms with Gasteiger partial charge in [-0.05, 0) is 46.7 Å². The third kappa shape index (κ3) is 4.49. The van der Waals surface area contributed by atoms with Gasteiger partial charge in [0.1, 0.15) is 6.04 Å². The van der Waals surface area contributed by atoms with E-state index in [0.717, 1.165) is 12.0 Å². The highest BCUT2D eigenvalue weighted by Crippen LogP contribution is 2.08. The van der Waals surface area contributed by atoms with E-state index in [1.54, 1.807) is 0 Å². The molecule has 0 heterocycles. The number of benzene rings is 1. The lowest BCUT2D eigenvalue weighted by Crippen LogP contribution is -2.35. The first kappa shape index (κ1) is 13.4. The summed E-state index contributed by atoms with van der Waals surface area (Å²) in [6, 6.07) is 7.61. The Kier molecular flexibility index (Phi) is 5.76. The Bertz CT molecular complexity index is 355. The van der Waals surface area contributed by atoms with E-state index in [-0.39, 0.29) is 0 Å². The molecule has 1 rings (SSSR count). The third-order valence-electron chi connectivity index (χ3n) is 2.32. The standard InChI is InChI=1S/C12H16INO2/c1-2-4-11(12(15)16)14-8-9-5-3-6-10(13)7-9/h3,5-7,11,14H,2,4,8H2,1H3,(H,15,16). The van der Waals surface area contributed by atoms with E-state index in [9.17, 15) is 4.79 Å². The molecule has 3 nitrogen and oxygen atoms in total. The summed E-state index contributed by atoms with van der Waals surface area (Å²) in [5.41, 5.74) is 1.12. The first-order chi connectivity index (χ1) is 7.63. The van der Waals surface area contributed by atoms with Crippen LogP contribution in [0.1, 0.15) is 25.3 Å². The zero-order valence-corrected chi connectivity index (χ0v) is 11.4. The van der Waals surface area contributed by atoms with Crippen LogP contribution in [0.2, 0.25) is 0 Å². The van der Waals surface area contributed by atoms with Crippen molar-refractivity contribution in [2.75, 3.05) is 0 Å². The highest BCUT2D eigenvalue weighted by molar-refractivity contribution is 14.1. The number of aliphatic carboxylic acids is 1. The first-order valence-corrected chi connectivity index (χ1v) is 6.42. The molecule has 0 aromatic heterocycles. The van der Waals surface area contributed by atoms with Gasteiger partial charge >= 0.3 is 5.97 Å². The Morgan fingerprint density at radius 1 is 1.56 bits per heavy atom. The van der Waals surface area contributed by atoms with Crippen molar-refractivity contribution in [3.8, 4) is 0 Å². The molecule has 0 amide bonds. The zero-order valence-electron chi connectivity index (χ0n) is 9.24. The van der Waals surface area contributed by atoms with Crippen LogP contribution in [0, 0.1) is 3.57 Å². The Hall–Kier alpha value is -0.620. The summed E-state index contributed by atoms with van der Waals surface area (Å²) in [7, 11) is 0. The quantitative estimate of drug-likeness (QED) is 0.787. The van der Waals surface area contributed by atoms with E-state index in [0.29, 0.717) is 13.0 Å². The van der Waals surface area contributed by atoms with E-state index in [1.807, 2.05) is 25.1 Å². The molecule has 1 aromatic rings. The maximum Gasteiger partial charge on any atom is 0.320 e.